The van der Waals surface area contributed by atoms with E-state index in [2.05, 4.69) is 15.9 Å². The van der Waals surface area contributed by atoms with E-state index in [1.165, 1.54) is 18.2 Å². The van der Waals surface area contributed by atoms with Crippen LogP contribution in [0, 0.1) is 17.5 Å². The van der Waals surface area contributed by atoms with E-state index >= 15 is 0 Å². The van der Waals surface area contributed by atoms with Crippen LogP contribution >= 0.6 is 15.9 Å². The quantitative estimate of drug-likeness (QED) is 0.813. The Bertz CT molecular complexity index is 552. The van der Waals surface area contributed by atoms with Gasteiger partial charge in [-0.3, -0.25) is 0 Å². The first kappa shape index (κ1) is 13.0. The molecule has 0 aromatic heterocycles. The van der Waals surface area contributed by atoms with Gasteiger partial charge in [0.1, 0.15) is 29.8 Å². The monoisotopic (exact) mass is 316 g/mol. The maximum Gasteiger partial charge on any atom is 0.136 e. The molecule has 0 saturated heterocycles. The molecule has 5 heteroatoms. The second kappa shape index (κ2) is 5.44. The standard InChI is InChI=1S/C13H8BrF3O/c14-10-5-4-8(15)6-13(10)18-7-9-11(16)2-1-3-12(9)17/h1-6H,7H2. The molecule has 2 aromatic rings. The Morgan fingerprint density at radius 3 is 2.33 bits per heavy atom. The molecule has 0 aliphatic carbocycles. The molecular weight excluding hydrogens is 309 g/mol. The predicted molar refractivity (Wildman–Crippen MR) is 64.8 cm³/mol. The van der Waals surface area contributed by atoms with Crippen LogP contribution in [0.5, 0.6) is 5.75 Å². The highest BCUT2D eigenvalue weighted by Crippen LogP contribution is 2.27. The smallest absolute Gasteiger partial charge is 0.136 e. The molecule has 0 unspecified atom stereocenters. The zero-order valence-corrected chi connectivity index (χ0v) is 10.7. The van der Waals surface area contributed by atoms with Crippen LogP contribution in [-0.2, 0) is 6.61 Å². The van der Waals surface area contributed by atoms with Crippen LogP contribution < -0.4 is 4.74 Å². The van der Waals surface area contributed by atoms with Gasteiger partial charge in [-0.2, -0.15) is 0 Å². The van der Waals surface area contributed by atoms with Gasteiger partial charge in [0.25, 0.3) is 0 Å². The van der Waals surface area contributed by atoms with E-state index in [1.54, 1.807) is 0 Å². The van der Waals surface area contributed by atoms with E-state index in [9.17, 15) is 13.2 Å². The van der Waals surface area contributed by atoms with Crippen LogP contribution in [0.3, 0.4) is 0 Å². The highest BCUT2D eigenvalue weighted by molar-refractivity contribution is 9.10. The summed E-state index contributed by atoms with van der Waals surface area (Å²) in [6.45, 7) is -0.305. The lowest BCUT2D eigenvalue weighted by molar-refractivity contribution is 0.289. The number of halogens is 4. The maximum absolute atomic E-state index is 13.3. The summed E-state index contributed by atoms with van der Waals surface area (Å²) in [6, 6.07) is 7.41. The Hall–Kier alpha value is -1.49. The fraction of sp³-hybridized carbons (Fsp3) is 0.0769. The van der Waals surface area contributed by atoms with Crippen molar-refractivity contribution >= 4 is 15.9 Å². The van der Waals surface area contributed by atoms with Crippen molar-refractivity contribution in [3.8, 4) is 5.75 Å². The molecule has 0 radical (unpaired) electrons. The van der Waals surface area contributed by atoms with Crippen molar-refractivity contribution in [1.82, 2.24) is 0 Å². The molecule has 0 spiro atoms. The summed E-state index contributed by atoms with van der Waals surface area (Å²) in [5.41, 5.74) is -0.186. The van der Waals surface area contributed by atoms with Crippen LogP contribution in [0.2, 0.25) is 0 Å². The molecule has 0 atom stereocenters. The van der Waals surface area contributed by atoms with Gasteiger partial charge in [0, 0.05) is 6.07 Å². The minimum atomic E-state index is -0.692. The van der Waals surface area contributed by atoms with Gasteiger partial charge in [-0.25, -0.2) is 13.2 Å². The van der Waals surface area contributed by atoms with Gasteiger partial charge in [-0.1, -0.05) is 6.07 Å². The van der Waals surface area contributed by atoms with E-state index in [4.69, 9.17) is 4.74 Å². The average molecular weight is 317 g/mol. The van der Waals surface area contributed by atoms with Gasteiger partial charge in [0.2, 0.25) is 0 Å². The Balaban J connectivity index is 2.19. The molecule has 94 valence electrons. The summed E-state index contributed by atoms with van der Waals surface area (Å²) in [7, 11) is 0. The first-order valence-corrected chi connectivity index (χ1v) is 5.88. The molecule has 0 fully saturated rings. The Morgan fingerprint density at radius 1 is 1.00 bits per heavy atom. The largest absolute Gasteiger partial charge is 0.487 e. The van der Waals surface area contributed by atoms with Gasteiger partial charge >= 0.3 is 0 Å². The molecule has 0 aliphatic rings. The number of hydrogen-bond donors (Lipinski definition) is 0. The Kier molecular flexibility index (Phi) is 3.91. The summed E-state index contributed by atoms with van der Waals surface area (Å²) in [6.07, 6.45) is 0. The van der Waals surface area contributed by atoms with E-state index in [0.717, 1.165) is 18.2 Å². The van der Waals surface area contributed by atoms with Gasteiger partial charge in [-0.05, 0) is 40.2 Å². The summed E-state index contributed by atoms with van der Waals surface area (Å²) < 4.78 is 45.3. The van der Waals surface area contributed by atoms with Crippen LogP contribution in [0.15, 0.2) is 40.9 Å². The van der Waals surface area contributed by atoms with Crippen molar-refractivity contribution in [1.29, 1.82) is 0 Å². The van der Waals surface area contributed by atoms with E-state index in [1.807, 2.05) is 0 Å². The summed E-state index contributed by atoms with van der Waals surface area (Å²) in [4.78, 5) is 0. The van der Waals surface area contributed by atoms with Crippen molar-refractivity contribution < 1.29 is 17.9 Å². The molecule has 0 N–H and O–H groups in total. The molecular formula is C13H8BrF3O. The van der Waals surface area contributed by atoms with Crippen LogP contribution in [0.25, 0.3) is 0 Å². The van der Waals surface area contributed by atoms with Gasteiger partial charge in [0.15, 0.2) is 0 Å². The van der Waals surface area contributed by atoms with E-state index < -0.39 is 17.5 Å². The molecule has 0 aliphatic heterocycles. The molecule has 0 amide bonds. The van der Waals surface area contributed by atoms with Crippen molar-refractivity contribution in [2.24, 2.45) is 0 Å². The van der Waals surface area contributed by atoms with Gasteiger partial charge in [0.05, 0.1) is 10.0 Å². The molecule has 1 nitrogen and oxygen atoms in total. The van der Waals surface area contributed by atoms with Crippen molar-refractivity contribution in [2.75, 3.05) is 0 Å². The third kappa shape index (κ3) is 2.85. The molecule has 2 rings (SSSR count). The third-order valence-corrected chi connectivity index (χ3v) is 2.98. The van der Waals surface area contributed by atoms with Crippen molar-refractivity contribution in [3.05, 3.63) is 63.9 Å². The van der Waals surface area contributed by atoms with Crippen LogP contribution in [0.4, 0.5) is 13.2 Å². The maximum atomic E-state index is 13.3. The minimum absolute atomic E-state index is 0.186. The lowest BCUT2D eigenvalue weighted by atomic mass is 10.2. The SMILES string of the molecule is Fc1ccc(Br)c(OCc2c(F)cccc2F)c1. The molecule has 0 bridgehead atoms. The fourth-order valence-electron chi connectivity index (χ4n) is 1.41. The molecule has 0 saturated carbocycles. The second-order valence-corrected chi connectivity index (χ2v) is 4.42. The predicted octanol–water partition coefficient (Wildman–Crippen LogP) is 4.45. The molecule has 2 aromatic carbocycles. The zero-order chi connectivity index (χ0) is 13.1. The average Bonchev–Trinajstić information content (AvgIpc) is 2.33. The van der Waals surface area contributed by atoms with Crippen molar-refractivity contribution in [2.45, 2.75) is 6.61 Å². The topological polar surface area (TPSA) is 9.23 Å². The Labute approximate surface area is 110 Å². The number of rotatable bonds is 3. The van der Waals surface area contributed by atoms with E-state index in [0.29, 0.717) is 4.47 Å². The fourth-order valence-corrected chi connectivity index (χ4v) is 1.77. The van der Waals surface area contributed by atoms with Crippen LogP contribution in [-0.4, -0.2) is 0 Å². The lowest BCUT2D eigenvalue weighted by Crippen LogP contribution is -2.02. The first-order chi connectivity index (χ1) is 8.58. The summed E-state index contributed by atoms with van der Waals surface area (Å²) >= 11 is 3.16. The first-order valence-electron chi connectivity index (χ1n) is 5.08. The number of hydrogen-bond acceptors (Lipinski definition) is 1. The number of ether oxygens (including phenoxy) is 1. The van der Waals surface area contributed by atoms with Crippen LogP contribution in [0.1, 0.15) is 5.56 Å². The molecule has 0 heterocycles. The zero-order valence-electron chi connectivity index (χ0n) is 9.09. The normalized spacial score (nSPS) is 10.4. The Morgan fingerprint density at radius 2 is 1.67 bits per heavy atom. The van der Waals surface area contributed by atoms with Gasteiger partial charge in [-0.15, -0.1) is 0 Å². The minimum Gasteiger partial charge on any atom is -0.487 e. The second-order valence-electron chi connectivity index (χ2n) is 3.56. The van der Waals surface area contributed by atoms with Gasteiger partial charge < -0.3 is 4.74 Å². The lowest BCUT2D eigenvalue weighted by Gasteiger charge is -2.09. The number of benzene rings is 2. The summed E-state index contributed by atoms with van der Waals surface area (Å²) in [5.74, 6) is -1.68. The molecule has 18 heavy (non-hydrogen) atoms. The van der Waals surface area contributed by atoms with E-state index in [-0.39, 0.29) is 17.9 Å². The third-order valence-electron chi connectivity index (χ3n) is 2.33. The highest BCUT2D eigenvalue weighted by Gasteiger charge is 2.10. The summed E-state index contributed by atoms with van der Waals surface area (Å²) in [5, 5.41) is 0. The highest BCUT2D eigenvalue weighted by atomic mass is 79.9. The van der Waals surface area contributed by atoms with Crippen molar-refractivity contribution in [3.63, 3.8) is 0 Å².